The van der Waals surface area contributed by atoms with Gasteiger partial charge in [0.05, 0.1) is 15.7 Å². The molecule has 19 heavy (non-hydrogen) atoms. The molecule has 7 heteroatoms. The molecule has 2 N–H and O–H groups in total. The number of amides is 1. The molecule has 0 bridgehead atoms. The fourth-order valence-electron chi connectivity index (χ4n) is 1.38. The maximum atomic E-state index is 11.9. The maximum Gasteiger partial charge on any atom is 0.278 e. The Morgan fingerprint density at radius 1 is 1.26 bits per heavy atom. The molecule has 1 aromatic carbocycles. The number of nitrogens with one attached hydrogen (secondary N) is 1. The second kappa shape index (κ2) is 5.77. The number of carbonyl (C=O) groups is 1. The first-order valence-corrected chi connectivity index (χ1v) is 6.64. The fourth-order valence-corrected chi connectivity index (χ4v) is 2.20. The third-order valence-corrected chi connectivity index (χ3v) is 4.06. The van der Waals surface area contributed by atoms with Crippen LogP contribution >= 0.6 is 39.1 Å². The molecule has 98 valence electrons. The van der Waals surface area contributed by atoms with E-state index in [1.165, 1.54) is 18.3 Å². The van der Waals surface area contributed by atoms with E-state index in [0.29, 0.717) is 15.2 Å². The Kier molecular flexibility index (Phi) is 4.29. The van der Waals surface area contributed by atoms with Crippen molar-refractivity contribution in [1.82, 2.24) is 4.98 Å². The number of anilines is 1. The van der Waals surface area contributed by atoms with Crippen LogP contribution < -0.4 is 5.32 Å². The van der Waals surface area contributed by atoms with Crippen molar-refractivity contribution >= 4 is 50.7 Å². The van der Waals surface area contributed by atoms with Gasteiger partial charge >= 0.3 is 0 Å². The normalized spacial score (nSPS) is 10.3. The number of halogens is 3. The quantitative estimate of drug-likeness (QED) is 0.791. The van der Waals surface area contributed by atoms with E-state index >= 15 is 0 Å². The first-order valence-electron chi connectivity index (χ1n) is 5.09. The fraction of sp³-hybridized carbons (Fsp3) is 0. The summed E-state index contributed by atoms with van der Waals surface area (Å²) in [6.07, 6.45) is 1.41. The maximum absolute atomic E-state index is 11.9. The van der Waals surface area contributed by atoms with E-state index < -0.39 is 5.91 Å². The lowest BCUT2D eigenvalue weighted by atomic mass is 10.2. The molecular formula is C12H7BrCl2N2O2. The summed E-state index contributed by atoms with van der Waals surface area (Å²) < 4.78 is 0.623. The molecule has 0 aliphatic carbocycles. The van der Waals surface area contributed by atoms with Gasteiger partial charge in [0.2, 0.25) is 0 Å². The minimum Gasteiger partial charge on any atom is -0.505 e. The van der Waals surface area contributed by atoms with Crippen LogP contribution in [0.2, 0.25) is 10.0 Å². The number of aromatic hydroxyl groups is 1. The first-order chi connectivity index (χ1) is 9.00. The summed E-state index contributed by atoms with van der Waals surface area (Å²) in [6, 6.07) is 6.14. The van der Waals surface area contributed by atoms with E-state index in [2.05, 4.69) is 26.2 Å². The lowest BCUT2D eigenvalue weighted by molar-refractivity contribution is 0.101. The topological polar surface area (TPSA) is 62.2 Å². The highest BCUT2D eigenvalue weighted by Crippen LogP contribution is 2.36. The minimum absolute atomic E-state index is 0.0855. The van der Waals surface area contributed by atoms with Gasteiger partial charge in [0.1, 0.15) is 5.75 Å². The molecule has 0 aliphatic rings. The van der Waals surface area contributed by atoms with Crippen molar-refractivity contribution in [3.63, 3.8) is 0 Å². The number of carbonyl (C=O) groups excluding carboxylic acids is 1. The van der Waals surface area contributed by atoms with Crippen molar-refractivity contribution in [2.45, 2.75) is 0 Å². The highest BCUT2D eigenvalue weighted by molar-refractivity contribution is 9.10. The summed E-state index contributed by atoms with van der Waals surface area (Å²) in [4.78, 5) is 15.7. The minimum atomic E-state index is -0.571. The molecule has 1 amide bonds. The average Bonchev–Trinajstić information content (AvgIpc) is 2.40. The Morgan fingerprint density at radius 2 is 2.00 bits per heavy atom. The molecule has 0 unspecified atom stereocenters. The smallest absolute Gasteiger partial charge is 0.278 e. The summed E-state index contributed by atoms with van der Waals surface area (Å²) in [5.74, 6) is -0.780. The van der Waals surface area contributed by atoms with Crippen LogP contribution in [0.4, 0.5) is 5.69 Å². The predicted molar refractivity (Wildman–Crippen MR) is 78.0 cm³/mol. The van der Waals surface area contributed by atoms with Crippen LogP contribution in [0.1, 0.15) is 10.5 Å². The molecule has 0 saturated carbocycles. The molecule has 1 aromatic heterocycles. The van der Waals surface area contributed by atoms with Crippen molar-refractivity contribution in [2.24, 2.45) is 0 Å². The van der Waals surface area contributed by atoms with E-state index in [4.69, 9.17) is 23.2 Å². The number of hydrogen-bond donors (Lipinski definition) is 2. The Bertz CT molecular complexity index is 650. The zero-order valence-corrected chi connectivity index (χ0v) is 12.4. The monoisotopic (exact) mass is 360 g/mol. The Labute approximate surface area is 127 Å². The molecule has 1 heterocycles. The molecule has 2 rings (SSSR count). The Morgan fingerprint density at radius 3 is 2.68 bits per heavy atom. The lowest BCUT2D eigenvalue weighted by Gasteiger charge is -2.09. The van der Waals surface area contributed by atoms with Crippen molar-refractivity contribution < 1.29 is 9.90 Å². The molecule has 0 spiro atoms. The zero-order chi connectivity index (χ0) is 14.0. The van der Waals surface area contributed by atoms with Gasteiger partial charge in [0.15, 0.2) is 5.69 Å². The molecule has 0 atom stereocenters. The van der Waals surface area contributed by atoms with Crippen molar-refractivity contribution in [3.05, 3.63) is 50.7 Å². The van der Waals surface area contributed by atoms with E-state index in [-0.39, 0.29) is 16.5 Å². The number of rotatable bonds is 2. The Balaban J connectivity index is 2.30. The number of aromatic nitrogens is 1. The second-order valence-corrected chi connectivity index (χ2v) is 5.16. The van der Waals surface area contributed by atoms with E-state index in [1.54, 1.807) is 12.1 Å². The first kappa shape index (κ1) is 14.1. The average molecular weight is 362 g/mol. The van der Waals surface area contributed by atoms with Crippen LogP contribution in [-0.4, -0.2) is 16.0 Å². The standard InChI is InChI=1S/C12H7BrCl2N2O2/c13-6-3-4-7(10(15)9(6)14)17-12(19)11-8(18)2-1-5-16-11/h1-5,18H,(H,17,19). The molecule has 0 radical (unpaired) electrons. The third-order valence-electron chi connectivity index (χ3n) is 2.28. The van der Waals surface area contributed by atoms with Gasteiger partial charge in [0, 0.05) is 10.7 Å². The summed E-state index contributed by atoms with van der Waals surface area (Å²) in [5.41, 5.74) is 0.252. The molecule has 2 aromatic rings. The highest BCUT2D eigenvalue weighted by atomic mass is 79.9. The van der Waals surface area contributed by atoms with Gasteiger partial charge in [-0.15, -0.1) is 0 Å². The molecule has 0 saturated heterocycles. The van der Waals surface area contributed by atoms with Crippen molar-refractivity contribution in [1.29, 1.82) is 0 Å². The van der Waals surface area contributed by atoms with Crippen LogP contribution in [0, 0.1) is 0 Å². The highest BCUT2D eigenvalue weighted by Gasteiger charge is 2.15. The molecule has 4 nitrogen and oxygen atoms in total. The van der Waals surface area contributed by atoms with Gasteiger partial charge in [-0.25, -0.2) is 4.98 Å². The number of hydrogen-bond acceptors (Lipinski definition) is 3. The summed E-state index contributed by atoms with van der Waals surface area (Å²) in [5, 5.41) is 12.6. The summed E-state index contributed by atoms with van der Waals surface area (Å²) in [7, 11) is 0. The molecule has 0 fully saturated rings. The third kappa shape index (κ3) is 3.00. The van der Waals surface area contributed by atoms with Gasteiger partial charge in [0.25, 0.3) is 5.91 Å². The van der Waals surface area contributed by atoms with Gasteiger partial charge in [-0.05, 0) is 40.2 Å². The van der Waals surface area contributed by atoms with Crippen LogP contribution in [-0.2, 0) is 0 Å². The Hall–Kier alpha value is -1.30. The van der Waals surface area contributed by atoms with Crippen LogP contribution in [0.15, 0.2) is 34.9 Å². The summed E-state index contributed by atoms with van der Waals surface area (Å²) in [6.45, 7) is 0. The number of benzene rings is 1. The second-order valence-electron chi connectivity index (χ2n) is 3.55. The van der Waals surface area contributed by atoms with E-state index in [0.717, 1.165) is 0 Å². The van der Waals surface area contributed by atoms with Gasteiger partial charge in [-0.1, -0.05) is 23.2 Å². The number of pyridine rings is 1. The van der Waals surface area contributed by atoms with Crippen LogP contribution in [0.3, 0.4) is 0 Å². The zero-order valence-electron chi connectivity index (χ0n) is 9.32. The largest absolute Gasteiger partial charge is 0.505 e. The number of nitrogens with zero attached hydrogens (tertiary/aromatic N) is 1. The van der Waals surface area contributed by atoms with E-state index in [1.807, 2.05) is 0 Å². The van der Waals surface area contributed by atoms with E-state index in [9.17, 15) is 9.90 Å². The lowest BCUT2D eigenvalue weighted by Crippen LogP contribution is -2.14. The van der Waals surface area contributed by atoms with Gasteiger partial charge in [-0.2, -0.15) is 0 Å². The predicted octanol–water partition coefficient (Wildman–Crippen LogP) is 4.11. The summed E-state index contributed by atoms with van der Waals surface area (Å²) >= 11 is 15.2. The van der Waals surface area contributed by atoms with Gasteiger partial charge in [-0.3, -0.25) is 4.79 Å². The van der Waals surface area contributed by atoms with Crippen molar-refractivity contribution in [3.8, 4) is 5.75 Å². The van der Waals surface area contributed by atoms with Crippen LogP contribution in [0.5, 0.6) is 5.75 Å². The van der Waals surface area contributed by atoms with Crippen molar-refractivity contribution in [2.75, 3.05) is 5.32 Å². The molecular weight excluding hydrogens is 355 g/mol. The van der Waals surface area contributed by atoms with Crippen LogP contribution in [0.25, 0.3) is 0 Å². The molecule has 0 aliphatic heterocycles. The van der Waals surface area contributed by atoms with Gasteiger partial charge < -0.3 is 10.4 Å². The SMILES string of the molecule is O=C(Nc1ccc(Br)c(Cl)c1Cl)c1ncccc1O.